The lowest BCUT2D eigenvalue weighted by molar-refractivity contribution is 0.195. The summed E-state index contributed by atoms with van der Waals surface area (Å²) in [6.45, 7) is 3.52. The van der Waals surface area contributed by atoms with E-state index in [4.69, 9.17) is 5.11 Å². The monoisotopic (exact) mass is 152 g/mol. The number of aliphatic hydroxyl groups excluding tert-OH is 1. The maximum absolute atomic E-state index is 9.30. The van der Waals surface area contributed by atoms with Crippen molar-refractivity contribution in [3.63, 3.8) is 0 Å². The minimum atomic E-state index is -0.601. The van der Waals surface area contributed by atoms with Gasteiger partial charge in [0.15, 0.2) is 0 Å². The molecular formula is C9H12O2. The predicted octanol–water partition coefficient (Wildman–Crippen LogP) is 1.75. The number of aliphatic hydroxyl groups is 1. The van der Waals surface area contributed by atoms with E-state index in [1.165, 1.54) is 0 Å². The Bertz CT molecular complexity index is 254. The van der Waals surface area contributed by atoms with Crippen LogP contribution >= 0.6 is 0 Å². The van der Waals surface area contributed by atoms with Gasteiger partial charge in [0.1, 0.15) is 5.75 Å². The Hall–Kier alpha value is -1.02. The van der Waals surface area contributed by atoms with E-state index >= 15 is 0 Å². The summed E-state index contributed by atoms with van der Waals surface area (Å²) in [6, 6.07) is 5.24. The van der Waals surface area contributed by atoms with Crippen LogP contribution in [0.25, 0.3) is 0 Å². The van der Waals surface area contributed by atoms with Crippen LogP contribution in [0.5, 0.6) is 5.75 Å². The molecule has 0 heterocycles. The van der Waals surface area contributed by atoms with Crippen LogP contribution in [-0.4, -0.2) is 10.2 Å². The second-order valence-electron chi connectivity index (χ2n) is 2.74. The number of benzene rings is 1. The van der Waals surface area contributed by atoms with Crippen LogP contribution in [0.3, 0.4) is 0 Å². The van der Waals surface area contributed by atoms with Gasteiger partial charge in [0, 0.05) is 5.56 Å². The molecule has 0 saturated heterocycles. The van der Waals surface area contributed by atoms with Crippen LogP contribution in [0.4, 0.5) is 0 Å². The molecule has 2 N–H and O–H groups in total. The summed E-state index contributed by atoms with van der Waals surface area (Å²) in [5.41, 5.74) is 1.57. The number of aromatic hydroxyl groups is 1. The van der Waals surface area contributed by atoms with Gasteiger partial charge in [-0.3, -0.25) is 0 Å². The van der Waals surface area contributed by atoms with Crippen molar-refractivity contribution in [3.05, 3.63) is 29.3 Å². The first kappa shape index (κ1) is 8.08. The summed E-state index contributed by atoms with van der Waals surface area (Å²) in [7, 11) is 0. The van der Waals surface area contributed by atoms with Crippen molar-refractivity contribution in [2.75, 3.05) is 0 Å². The van der Waals surface area contributed by atoms with Gasteiger partial charge in [0.05, 0.1) is 6.10 Å². The Balaban J connectivity index is 3.09. The number of rotatable bonds is 1. The molecule has 0 spiro atoms. The van der Waals surface area contributed by atoms with Gasteiger partial charge in [-0.1, -0.05) is 12.1 Å². The van der Waals surface area contributed by atoms with Crippen molar-refractivity contribution < 1.29 is 10.2 Å². The highest BCUT2D eigenvalue weighted by molar-refractivity contribution is 5.36. The molecule has 1 aromatic rings. The van der Waals surface area contributed by atoms with Crippen molar-refractivity contribution >= 4 is 0 Å². The quantitative estimate of drug-likeness (QED) is 0.643. The van der Waals surface area contributed by atoms with E-state index in [0.29, 0.717) is 5.56 Å². The lowest BCUT2D eigenvalue weighted by Gasteiger charge is -2.06. The first-order valence-corrected chi connectivity index (χ1v) is 3.59. The zero-order valence-corrected chi connectivity index (χ0v) is 6.70. The van der Waals surface area contributed by atoms with Crippen LogP contribution in [0.15, 0.2) is 18.2 Å². The van der Waals surface area contributed by atoms with Crippen molar-refractivity contribution in [1.82, 2.24) is 0 Å². The van der Waals surface area contributed by atoms with Crippen molar-refractivity contribution in [2.24, 2.45) is 0 Å². The Morgan fingerprint density at radius 3 is 2.45 bits per heavy atom. The molecule has 1 aromatic carbocycles. The number of phenols is 1. The third-order valence-electron chi connectivity index (χ3n) is 1.64. The first-order chi connectivity index (χ1) is 5.11. The molecule has 1 rings (SSSR count). The average molecular weight is 152 g/mol. The summed E-state index contributed by atoms with van der Waals surface area (Å²) >= 11 is 0. The Labute approximate surface area is 66.1 Å². The Kier molecular flexibility index (Phi) is 2.15. The van der Waals surface area contributed by atoms with E-state index in [1.54, 1.807) is 19.1 Å². The average Bonchev–Trinajstić information content (AvgIpc) is 1.85. The summed E-state index contributed by atoms with van der Waals surface area (Å²) < 4.78 is 0. The van der Waals surface area contributed by atoms with Crippen molar-refractivity contribution in [2.45, 2.75) is 20.0 Å². The molecule has 0 aromatic heterocycles. The van der Waals surface area contributed by atoms with E-state index in [0.717, 1.165) is 5.56 Å². The van der Waals surface area contributed by atoms with Gasteiger partial charge in [-0.05, 0) is 25.5 Å². The third kappa shape index (κ3) is 1.71. The molecule has 0 unspecified atom stereocenters. The molecule has 0 aliphatic carbocycles. The van der Waals surface area contributed by atoms with Crippen LogP contribution < -0.4 is 0 Å². The predicted molar refractivity (Wildman–Crippen MR) is 43.5 cm³/mol. The Morgan fingerprint density at radius 2 is 2.00 bits per heavy atom. The molecule has 2 nitrogen and oxygen atoms in total. The molecule has 0 saturated carbocycles. The maximum atomic E-state index is 9.30. The smallest absolute Gasteiger partial charge is 0.121 e. The lowest BCUT2D eigenvalue weighted by Crippen LogP contribution is -1.91. The number of phenolic OH excluding ortho intramolecular Hbond substituents is 1. The highest BCUT2D eigenvalue weighted by Crippen LogP contribution is 2.24. The minimum Gasteiger partial charge on any atom is -0.508 e. The van der Waals surface area contributed by atoms with Crippen molar-refractivity contribution in [3.8, 4) is 5.75 Å². The van der Waals surface area contributed by atoms with Gasteiger partial charge >= 0.3 is 0 Å². The fourth-order valence-corrected chi connectivity index (χ4v) is 1.01. The number of aryl methyl sites for hydroxylation is 1. The SMILES string of the molecule is Cc1ccc([C@@H](C)O)c(O)c1. The zero-order chi connectivity index (χ0) is 8.43. The molecular weight excluding hydrogens is 140 g/mol. The van der Waals surface area contributed by atoms with Crippen molar-refractivity contribution in [1.29, 1.82) is 0 Å². The van der Waals surface area contributed by atoms with Gasteiger partial charge in [-0.15, -0.1) is 0 Å². The molecule has 60 valence electrons. The first-order valence-electron chi connectivity index (χ1n) is 3.59. The largest absolute Gasteiger partial charge is 0.508 e. The minimum absolute atomic E-state index is 0.167. The van der Waals surface area contributed by atoms with Crippen LogP contribution in [0.1, 0.15) is 24.2 Å². The number of hydrogen-bond acceptors (Lipinski definition) is 2. The standard InChI is InChI=1S/C9H12O2/c1-6-3-4-8(7(2)10)9(11)5-6/h3-5,7,10-11H,1-2H3/t7-/m1/s1. The van der Waals surface area contributed by atoms with Gasteiger partial charge in [-0.25, -0.2) is 0 Å². The van der Waals surface area contributed by atoms with Gasteiger partial charge < -0.3 is 10.2 Å². The van der Waals surface area contributed by atoms with E-state index in [2.05, 4.69) is 0 Å². The summed E-state index contributed by atoms with van der Waals surface area (Å²) in [5.74, 6) is 0.167. The maximum Gasteiger partial charge on any atom is 0.121 e. The normalized spacial score (nSPS) is 13.0. The van der Waals surface area contributed by atoms with Crippen LogP contribution in [-0.2, 0) is 0 Å². The molecule has 0 aliphatic heterocycles. The van der Waals surface area contributed by atoms with E-state index in [9.17, 15) is 5.11 Å². The molecule has 2 heteroatoms. The molecule has 11 heavy (non-hydrogen) atoms. The topological polar surface area (TPSA) is 40.5 Å². The van der Waals surface area contributed by atoms with Crippen LogP contribution in [0.2, 0.25) is 0 Å². The molecule has 0 radical (unpaired) electrons. The molecule has 1 atom stereocenters. The van der Waals surface area contributed by atoms with Gasteiger partial charge in [0.25, 0.3) is 0 Å². The fraction of sp³-hybridized carbons (Fsp3) is 0.333. The van der Waals surface area contributed by atoms with Gasteiger partial charge in [-0.2, -0.15) is 0 Å². The zero-order valence-electron chi connectivity index (χ0n) is 6.70. The summed E-state index contributed by atoms with van der Waals surface area (Å²) in [5, 5.41) is 18.4. The number of hydrogen-bond donors (Lipinski definition) is 2. The van der Waals surface area contributed by atoms with Crippen LogP contribution in [0, 0.1) is 6.92 Å². The molecule has 0 amide bonds. The second-order valence-corrected chi connectivity index (χ2v) is 2.74. The highest BCUT2D eigenvalue weighted by atomic mass is 16.3. The highest BCUT2D eigenvalue weighted by Gasteiger charge is 2.05. The Morgan fingerprint density at radius 1 is 1.36 bits per heavy atom. The fourth-order valence-electron chi connectivity index (χ4n) is 1.01. The third-order valence-corrected chi connectivity index (χ3v) is 1.64. The second kappa shape index (κ2) is 2.93. The van der Waals surface area contributed by atoms with E-state index in [-0.39, 0.29) is 5.75 Å². The molecule has 0 aliphatic rings. The lowest BCUT2D eigenvalue weighted by atomic mass is 10.1. The van der Waals surface area contributed by atoms with E-state index < -0.39 is 6.10 Å². The summed E-state index contributed by atoms with van der Waals surface area (Å²) in [4.78, 5) is 0. The molecule has 0 fully saturated rings. The van der Waals surface area contributed by atoms with E-state index in [1.807, 2.05) is 13.0 Å². The molecule has 0 bridgehead atoms. The van der Waals surface area contributed by atoms with Gasteiger partial charge in [0.2, 0.25) is 0 Å². The summed E-state index contributed by atoms with van der Waals surface area (Å²) in [6.07, 6.45) is -0.601.